The first-order chi connectivity index (χ1) is 7.41. The topological polar surface area (TPSA) is 43.8 Å². The SMILES string of the molecule is CC1CN(C(C)C)C(CCC(=O)O)CN1C. The molecule has 4 nitrogen and oxygen atoms in total. The number of hydrogen-bond acceptors (Lipinski definition) is 3. The molecule has 0 saturated carbocycles. The summed E-state index contributed by atoms with van der Waals surface area (Å²) in [7, 11) is 2.12. The van der Waals surface area contributed by atoms with E-state index in [4.69, 9.17) is 5.11 Å². The molecular weight excluding hydrogens is 204 g/mol. The number of carboxylic acids is 1. The van der Waals surface area contributed by atoms with Gasteiger partial charge >= 0.3 is 5.97 Å². The van der Waals surface area contributed by atoms with Gasteiger partial charge in [-0.1, -0.05) is 0 Å². The second-order valence-corrected chi connectivity index (χ2v) is 5.17. The third-order valence-electron chi connectivity index (χ3n) is 3.55. The number of hydrogen-bond donors (Lipinski definition) is 1. The van der Waals surface area contributed by atoms with Crippen molar-refractivity contribution in [1.82, 2.24) is 9.80 Å². The maximum atomic E-state index is 10.6. The largest absolute Gasteiger partial charge is 0.481 e. The fourth-order valence-electron chi connectivity index (χ4n) is 2.39. The van der Waals surface area contributed by atoms with E-state index in [9.17, 15) is 4.79 Å². The number of nitrogens with zero attached hydrogens (tertiary/aromatic N) is 2. The Morgan fingerprint density at radius 2 is 2.06 bits per heavy atom. The number of aliphatic carboxylic acids is 1. The van der Waals surface area contributed by atoms with Gasteiger partial charge in [0.15, 0.2) is 0 Å². The van der Waals surface area contributed by atoms with Crippen LogP contribution in [-0.2, 0) is 4.79 Å². The van der Waals surface area contributed by atoms with Crippen molar-refractivity contribution < 1.29 is 9.90 Å². The molecule has 1 rings (SSSR count). The van der Waals surface area contributed by atoms with Crippen molar-refractivity contribution >= 4 is 5.97 Å². The Labute approximate surface area is 98.2 Å². The summed E-state index contributed by atoms with van der Waals surface area (Å²) in [4.78, 5) is 15.4. The number of rotatable bonds is 4. The Morgan fingerprint density at radius 3 is 2.56 bits per heavy atom. The first-order valence-corrected chi connectivity index (χ1v) is 6.09. The zero-order valence-electron chi connectivity index (χ0n) is 10.8. The molecule has 1 fully saturated rings. The second-order valence-electron chi connectivity index (χ2n) is 5.17. The summed E-state index contributed by atoms with van der Waals surface area (Å²) in [6.45, 7) is 8.62. The molecule has 1 aliphatic rings. The minimum absolute atomic E-state index is 0.274. The lowest BCUT2D eigenvalue weighted by molar-refractivity contribution is -0.137. The van der Waals surface area contributed by atoms with Crippen LogP contribution in [0.5, 0.6) is 0 Å². The predicted octanol–water partition coefficient (Wildman–Crippen LogP) is 1.26. The lowest BCUT2D eigenvalue weighted by Gasteiger charge is -2.46. The minimum Gasteiger partial charge on any atom is -0.481 e. The van der Waals surface area contributed by atoms with E-state index < -0.39 is 5.97 Å². The van der Waals surface area contributed by atoms with Gasteiger partial charge in [0, 0.05) is 37.6 Å². The van der Waals surface area contributed by atoms with Crippen molar-refractivity contribution in [2.24, 2.45) is 0 Å². The van der Waals surface area contributed by atoms with Crippen molar-refractivity contribution in [3.63, 3.8) is 0 Å². The van der Waals surface area contributed by atoms with Gasteiger partial charge in [-0.3, -0.25) is 9.69 Å². The maximum Gasteiger partial charge on any atom is 0.303 e. The van der Waals surface area contributed by atoms with Gasteiger partial charge in [-0.15, -0.1) is 0 Å². The van der Waals surface area contributed by atoms with Crippen LogP contribution in [0.2, 0.25) is 0 Å². The summed E-state index contributed by atoms with van der Waals surface area (Å²) < 4.78 is 0. The van der Waals surface area contributed by atoms with Crippen molar-refractivity contribution in [2.45, 2.75) is 51.7 Å². The van der Waals surface area contributed by atoms with E-state index in [-0.39, 0.29) is 6.42 Å². The van der Waals surface area contributed by atoms with Gasteiger partial charge in [0.25, 0.3) is 0 Å². The Balaban J connectivity index is 2.59. The number of carboxylic acid groups (broad SMARTS) is 1. The first-order valence-electron chi connectivity index (χ1n) is 6.09. The molecule has 0 bridgehead atoms. The number of likely N-dealkylation sites (N-methyl/N-ethyl adjacent to an activating group) is 1. The van der Waals surface area contributed by atoms with Crippen LogP contribution in [0.1, 0.15) is 33.6 Å². The van der Waals surface area contributed by atoms with Crippen molar-refractivity contribution in [2.75, 3.05) is 20.1 Å². The van der Waals surface area contributed by atoms with Gasteiger partial charge in [0.05, 0.1) is 0 Å². The third kappa shape index (κ3) is 3.46. The van der Waals surface area contributed by atoms with Crippen LogP contribution in [0.4, 0.5) is 0 Å². The zero-order valence-corrected chi connectivity index (χ0v) is 10.8. The molecule has 1 heterocycles. The molecule has 2 unspecified atom stereocenters. The van der Waals surface area contributed by atoms with Crippen molar-refractivity contribution in [3.05, 3.63) is 0 Å². The highest BCUT2D eigenvalue weighted by atomic mass is 16.4. The van der Waals surface area contributed by atoms with Gasteiger partial charge in [-0.2, -0.15) is 0 Å². The van der Waals surface area contributed by atoms with E-state index >= 15 is 0 Å². The number of piperazine rings is 1. The van der Waals surface area contributed by atoms with Crippen molar-refractivity contribution in [3.8, 4) is 0 Å². The van der Waals surface area contributed by atoms with Crippen LogP contribution in [-0.4, -0.2) is 59.1 Å². The lowest BCUT2D eigenvalue weighted by atomic mass is 10.0. The van der Waals surface area contributed by atoms with Crippen LogP contribution in [0.15, 0.2) is 0 Å². The molecular formula is C12H24N2O2. The molecule has 94 valence electrons. The standard InChI is InChI=1S/C12H24N2O2/c1-9(2)14-7-10(3)13(4)8-11(14)5-6-12(15)16/h9-11H,5-8H2,1-4H3,(H,15,16). The van der Waals surface area contributed by atoms with Crippen LogP contribution in [0.25, 0.3) is 0 Å². The highest BCUT2D eigenvalue weighted by Gasteiger charge is 2.30. The summed E-state index contributed by atoms with van der Waals surface area (Å²) in [6, 6.07) is 1.44. The van der Waals surface area contributed by atoms with Gasteiger partial charge in [0.2, 0.25) is 0 Å². The third-order valence-corrected chi connectivity index (χ3v) is 3.55. The van der Waals surface area contributed by atoms with E-state index in [1.807, 2.05) is 0 Å². The van der Waals surface area contributed by atoms with Crippen LogP contribution in [0.3, 0.4) is 0 Å². The average Bonchev–Trinajstić information content (AvgIpc) is 2.18. The Bertz CT molecular complexity index is 243. The highest BCUT2D eigenvalue weighted by Crippen LogP contribution is 2.19. The number of carbonyl (C=O) groups is 1. The molecule has 4 heteroatoms. The molecule has 0 amide bonds. The molecule has 1 saturated heterocycles. The van der Waals surface area contributed by atoms with Crippen LogP contribution < -0.4 is 0 Å². The van der Waals surface area contributed by atoms with Gasteiger partial charge in [-0.05, 0) is 34.2 Å². The van der Waals surface area contributed by atoms with E-state index in [0.717, 1.165) is 19.5 Å². The molecule has 0 spiro atoms. The molecule has 0 aromatic heterocycles. The van der Waals surface area contributed by atoms with Gasteiger partial charge in [0.1, 0.15) is 0 Å². The van der Waals surface area contributed by atoms with E-state index in [0.29, 0.717) is 18.1 Å². The molecule has 0 aromatic carbocycles. The molecule has 0 aromatic rings. The second kappa shape index (κ2) is 5.64. The van der Waals surface area contributed by atoms with E-state index in [1.54, 1.807) is 0 Å². The van der Waals surface area contributed by atoms with E-state index in [2.05, 4.69) is 37.6 Å². The maximum absolute atomic E-state index is 10.6. The fourth-order valence-corrected chi connectivity index (χ4v) is 2.39. The fraction of sp³-hybridized carbons (Fsp3) is 0.917. The Kier molecular flexibility index (Phi) is 4.74. The molecule has 0 radical (unpaired) electrons. The quantitative estimate of drug-likeness (QED) is 0.787. The summed E-state index contributed by atoms with van der Waals surface area (Å²) in [5.41, 5.74) is 0. The normalized spacial score (nSPS) is 28.6. The van der Waals surface area contributed by atoms with Crippen molar-refractivity contribution in [1.29, 1.82) is 0 Å². The minimum atomic E-state index is -0.690. The summed E-state index contributed by atoms with van der Waals surface area (Å²) in [6.07, 6.45) is 1.03. The van der Waals surface area contributed by atoms with Crippen LogP contribution >= 0.6 is 0 Å². The summed E-state index contributed by atoms with van der Waals surface area (Å²) in [5, 5.41) is 8.75. The Morgan fingerprint density at radius 1 is 1.44 bits per heavy atom. The molecule has 0 aliphatic carbocycles. The summed E-state index contributed by atoms with van der Waals surface area (Å²) >= 11 is 0. The van der Waals surface area contributed by atoms with Gasteiger partial charge < -0.3 is 10.0 Å². The molecule has 2 atom stereocenters. The predicted molar refractivity (Wildman–Crippen MR) is 64.6 cm³/mol. The highest BCUT2D eigenvalue weighted by molar-refractivity contribution is 5.66. The monoisotopic (exact) mass is 228 g/mol. The first kappa shape index (κ1) is 13.5. The zero-order chi connectivity index (χ0) is 12.3. The average molecular weight is 228 g/mol. The molecule has 16 heavy (non-hydrogen) atoms. The summed E-state index contributed by atoms with van der Waals surface area (Å²) in [5.74, 6) is -0.690. The van der Waals surface area contributed by atoms with Crippen LogP contribution in [0, 0.1) is 0 Å². The smallest absolute Gasteiger partial charge is 0.303 e. The molecule has 1 N–H and O–H groups in total. The Hall–Kier alpha value is -0.610. The van der Waals surface area contributed by atoms with Gasteiger partial charge in [-0.25, -0.2) is 0 Å². The molecule has 1 aliphatic heterocycles. The lowest BCUT2D eigenvalue weighted by Crippen LogP contribution is -2.58. The van der Waals surface area contributed by atoms with E-state index in [1.165, 1.54) is 0 Å².